The fourth-order valence-electron chi connectivity index (χ4n) is 8.12. The van der Waals surface area contributed by atoms with Crippen LogP contribution < -0.4 is 20.7 Å². The smallest absolute Gasteiger partial charge is 0.417 e. The van der Waals surface area contributed by atoms with Crippen molar-refractivity contribution >= 4 is 43.1 Å². The van der Waals surface area contributed by atoms with Gasteiger partial charge in [-0.15, -0.1) is 11.3 Å². The number of piperazine rings is 1. The SMILES string of the molecule is CC.CO.N#Cc1c(N)sc2c(F)ccc(-c3c(C(F)(F)F)cc4c(N5CC6CCC(C5)N6)nc(OCC56CCCN5CCC6)nc4c3F)c12. The summed E-state index contributed by atoms with van der Waals surface area (Å²) >= 11 is 0.731. The second-order valence-corrected chi connectivity index (χ2v) is 13.9. The zero-order valence-electron chi connectivity index (χ0n) is 28.1. The quantitative estimate of drug-likeness (QED) is 0.190. The second kappa shape index (κ2) is 14.1. The molecule has 2 aromatic carbocycles. The van der Waals surface area contributed by atoms with E-state index >= 15 is 4.39 Å². The van der Waals surface area contributed by atoms with E-state index in [1.807, 2.05) is 24.8 Å². The number of aliphatic hydroxyl groups excluding tert-OH is 1. The van der Waals surface area contributed by atoms with Crippen molar-refractivity contribution in [3.05, 3.63) is 41.0 Å². The number of nitrogens with zero attached hydrogens (tertiary/aromatic N) is 5. The number of fused-ring (bicyclic) bond motifs is 5. The van der Waals surface area contributed by atoms with Crippen LogP contribution >= 0.6 is 11.3 Å². The Morgan fingerprint density at radius 1 is 1.10 bits per heavy atom. The molecule has 4 aliphatic rings. The molecule has 9 nitrogen and oxygen atoms in total. The summed E-state index contributed by atoms with van der Waals surface area (Å²) in [5, 5.41) is 20.0. The van der Waals surface area contributed by atoms with Crippen LogP contribution in [0.4, 0.5) is 32.8 Å². The van der Waals surface area contributed by atoms with Crippen molar-refractivity contribution in [2.45, 2.75) is 76.2 Å². The predicted molar refractivity (Wildman–Crippen MR) is 184 cm³/mol. The van der Waals surface area contributed by atoms with Crippen LogP contribution in [0, 0.1) is 23.0 Å². The normalized spacial score (nSPS) is 21.0. The van der Waals surface area contributed by atoms with Crippen molar-refractivity contribution in [3.8, 4) is 23.2 Å². The summed E-state index contributed by atoms with van der Waals surface area (Å²) in [7, 11) is 1.00. The third kappa shape index (κ3) is 6.10. The van der Waals surface area contributed by atoms with Gasteiger partial charge >= 0.3 is 12.2 Å². The van der Waals surface area contributed by atoms with Gasteiger partial charge in [0, 0.05) is 48.6 Å². The van der Waals surface area contributed by atoms with E-state index in [-0.39, 0.29) is 73.2 Å². The molecule has 0 amide bonds. The summed E-state index contributed by atoms with van der Waals surface area (Å²) in [6.45, 7) is 7.21. The Kier molecular flexibility index (Phi) is 10.1. The lowest BCUT2D eigenvalue weighted by atomic mass is 9.92. The molecule has 2 atom stereocenters. The third-order valence-electron chi connectivity index (χ3n) is 10.2. The zero-order valence-corrected chi connectivity index (χ0v) is 28.9. The molecule has 0 radical (unpaired) electrons. The molecule has 268 valence electrons. The van der Waals surface area contributed by atoms with Crippen molar-refractivity contribution in [1.29, 1.82) is 5.26 Å². The molecule has 6 heterocycles. The first kappa shape index (κ1) is 36.0. The maximum Gasteiger partial charge on any atom is 0.417 e. The number of nitrogen functional groups attached to an aromatic ring is 1. The minimum absolute atomic E-state index is 0.0699. The lowest BCUT2D eigenvalue weighted by molar-refractivity contribution is -0.137. The maximum atomic E-state index is 17.0. The van der Waals surface area contributed by atoms with Crippen molar-refractivity contribution in [2.24, 2.45) is 0 Å². The molecule has 2 unspecified atom stereocenters. The number of thiophene rings is 1. The van der Waals surface area contributed by atoms with Crippen LogP contribution in [0.2, 0.25) is 0 Å². The zero-order chi connectivity index (χ0) is 36.0. The van der Waals surface area contributed by atoms with Gasteiger partial charge in [0.15, 0.2) is 5.82 Å². The van der Waals surface area contributed by atoms with E-state index in [9.17, 15) is 22.8 Å². The van der Waals surface area contributed by atoms with E-state index in [1.54, 1.807) is 0 Å². The van der Waals surface area contributed by atoms with Gasteiger partial charge in [-0.05, 0) is 69.3 Å². The first-order valence-corrected chi connectivity index (χ1v) is 17.7. The Labute approximate surface area is 290 Å². The van der Waals surface area contributed by atoms with Crippen LogP contribution in [-0.4, -0.2) is 77.5 Å². The number of anilines is 2. The van der Waals surface area contributed by atoms with E-state index in [0.717, 1.165) is 88.3 Å². The van der Waals surface area contributed by atoms with Crippen molar-refractivity contribution in [1.82, 2.24) is 20.2 Å². The molecule has 4 N–H and O–H groups in total. The average Bonchev–Trinajstić information content (AvgIpc) is 3.87. The van der Waals surface area contributed by atoms with Crippen LogP contribution in [0.25, 0.3) is 32.1 Å². The Bertz CT molecular complexity index is 1920. The monoisotopic (exact) mass is 717 g/mol. The molecule has 0 spiro atoms. The number of hydrogen-bond acceptors (Lipinski definition) is 10. The molecule has 4 fully saturated rings. The summed E-state index contributed by atoms with van der Waals surface area (Å²) < 4.78 is 82.6. The van der Waals surface area contributed by atoms with Gasteiger partial charge in [0.2, 0.25) is 0 Å². The standard InChI is InChI=1S/C32H30F5N7OS.C2H6.CH4O/c33-22-6-5-18(23-20(12-38)28(39)46-27(22)23)24-21(32(35,36)37)11-19-26(25(24)34)41-30(45-15-31-7-1-9-44(31)10-2-8-31)42-29(19)43-13-16-3-4-17(14-43)40-16;2*1-2/h5-6,11,16-17,40H,1-4,7-10,13-15,39H2;1-2H3;2H,1H3. The maximum absolute atomic E-state index is 17.0. The largest absolute Gasteiger partial charge is 0.461 e. The topological polar surface area (TPSA) is 124 Å². The van der Waals surface area contributed by atoms with Crippen LogP contribution in [0.3, 0.4) is 0 Å². The van der Waals surface area contributed by atoms with Crippen LogP contribution in [-0.2, 0) is 6.18 Å². The summed E-state index contributed by atoms with van der Waals surface area (Å²) in [6.07, 6.45) is 0.814. The van der Waals surface area contributed by atoms with E-state index in [2.05, 4.69) is 20.2 Å². The molecule has 2 aromatic heterocycles. The van der Waals surface area contributed by atoms with Gasteiger partial charge in [-0.2, -0.15) is 28.4 Å². The van der Waals surface area contributed by atoms with Gasteiger partial charge < -0.3 is 25.8 Å². The molecular weight excluding hydrogens is 677 g/mol. The van der Waals surface area contributed by atoms with Crippen LogP contribution in [0.5, 0.6) is 6.01 Å². The second-order valence-electron chi connectivity index (χ2n) is 12.8. The summed E-state index contributed by atoms with van der Waals surface area (Å²) in [6, 6.07) is 4.91. The number of hydrogen-bond donors (Lipinski definition) is 3. The van der Waals surface area contributed by atoms with Gasteiger partial charge in [-0.3, -0.25) is 4.90 Å². The van der Waals surface area contributed by atoms with E-state index in [1.165, 1.54) is 0 Å². The van der Waals surface area contributed by atoms with Gasteiger partial charge in [0.05, 0.1) is 21.4 Å². The number of aliphatic hydroxyl groups is 1. The molecule has 15 heteroatoms. The Morgan fingerprint density at radius 3 is 2.38 bits per heavy atom. The minimum Gasteiger partial charge on any atom is -0.461 e. The molecule has 4 aliphatic heterocycles. The van der Waals surface area contributed by atoms with Gasteiger partial charge in [0.1, 0.15) is 34.8 Å². The van der Waals surface area contributed by atoms with E-state index in [0.29, 0.717) is 13.1 Å². The molecule has 8 rings (SSSR count). The number of nitrogens with two attached hydrogens (primary N) is 1. The van der Waals surface area contributed by atoms with Crippen LogP contribution in [0.15, 0.2) is 18.2 Å². The van der Waals surface area contributed by atoms with Gasteiger partial charge in [-0.1, -0.05) is 19.9 Å². The molecule has 2 bridgehead atoms. The number of ether oxygens (including phenoxy) is 1. The average molecular weight is 718 g/mol. The van der Waals surface area contributed by atoms with Crippen LogP contribution in [0.1, 0.15) is 63.5 Å². The summed E-state index contributed by atoms with van der Waals surface area (Å²) in [5.41, 5.74) is 2.87. The van der Waals surface area contributed by atoms with Gasteiger partial charge in [0.25, 0.3) is 0 Å². The van der Waals surface area contributed by atoms with Gasteiger partial charge in [-0.25, -0.2) is 8.78 Å². The van der Waals surface area contributed by atoms with Crippen molar-refractivity contribution in [2.75, 3.05) is 50.5 Å². The highest BCUT2D eigenvalue weighted by Crippen LogP contribution is 2.48. The Hall–Kier alpha value is -3.84. The summed E-state index contributed by atoms with van der Waals surface area (Å²) in [5.74, 6) is -1.84. The fourth-order valence-corrected chi connectivity index (χ4v) is 9.07. The summed E-state index contributed by atoms with van der Waals surface area (Å²) in [4.78, 5) is 13.4. The molecular formula is C35H40F5N7O2S. The minimum atomic E-state index is -5.01. The number of aromatic nitrogens is 2. The number of rotatable bonds is 5. The lowest BCUT2D eigenvalue weighted by Gasteiger charge is -2.35. The highest BCUT2D eigenvalue weighted by molar-refractivity contribution is 7.23. The fraction of sp³-hybridized carbons (Fsp3) is 0.514. The Morgan fingerprint density at radius 2 is 1.76 bits per heavy atom. The number of halogens is 5. The number of alkyl halides is 3. The Balaban J connectivity index is 0.00000104. The number of benzene rings is 2. The third-order valence-corrected chi connectivity index (χ3v) is 11.2. The van der Waals surface area contributed by atoms with Crippen molar-refractivity contribution < 1.29 is 31.8 Å². The molecule has 4 aromatic rings. The molecule has 0 saturated carbocycles. The lowest BCUT2D eigenvalue weighted by Crippen LogP contribution is -2.51. The first-order valence-electron chi connectivity index (χ1n) is 16.9. The van der Waals surface area contributed by atoms with E-state index in [4.69, 9.17) is 15.6 Å². The predicted octanol–water partition coefficient (Wildman–Crippen LogP) is 6.84. The van der Waals surface area contributed by atoms with Crippen molar-refractivity contribution in [3.63, 3.8) is 0 Å². The highest BCUT2D eigenvalue weighted by Gasteiger charge is 2.45. The number of nitrogens with one attached hydrogen (secondary N) is 1. The molecule has 50 heavy (non-hydrogen) atoms. The highest BCUT2D eigenvalue weighted by atomic mass is 32.1. The number of nitriles is 1. The van der Waals surface area contributed by atoms with E-state index < -0.39 is 28.9 Å². The molecule has 4 saturated heterocycles. The molecule has 0 aliphatic carbocycles. The first-order chi connectivity index (χ1) is 24.1.